The van der Waals surface area contributed by atoms with E-state index in [-0.39, 0.29) is 5.78 Å². The van der Waals surface area contributed by atoms with Crippen molar-refractivity contribution in [2.45, 2.75) is 38.8 Å². The molecule has 1 aliphatic heterocycles. The molecule has 2 aromatic carbocycles. The van der Waals surface area contributed by atoms with Crippen LogP contribution in [0.2, 0.25) is 0 Å². The van der Waals surface area contributed by atoms with Gasteiger partial charge in [0.15, 0.2) is 5.78 Å². The fourth-order valence-corrected chi connectivity index (χ4v) is 4.51. The Kier molecular flexibility index (Phi) is 5.23. The van der Waals surface area contributed by atoms with Gasteiger partial charge in [-0.15, -0.1) is 0 Å². The minimum absolute atomic E-state index is 0.0769. The largest absolute Gasteiger partial charge is 0.497 e. The molecule has 0 amide bonds. The maximum absolute atomic E-state index is 13.3. The van der Waals surface area contributed by atoms with E-state index in [9.17, 15) is 4.79 Å². The van der Waals surface area contributed by atoms with Crippen molar-refractivity contribution in [3.63, 3.8) is 0 Å². The van der Waals surface area contributed by atoms with Gasteiger partial charge in [-0.1, -0.05) is 18.2 Å². The zero-order valence-corrected chi connectivity index (χ0v) is 16.9. The number of carbonyl (C=O) groups is 1. The van der Waals surface area contributed by atoms with Crippen LogP contribution in [0.5, 0.6) is 5.75 Å². The van der Waals surface area contributed by atoms with E-state index in [1.165, 1.54) is 19.4 Å². The average Bonchev–Trinajstić information content (AvgIpc) is 3.26. The molecule has 28 heavy (non-hydrogen) atoms. The predicted octanol–water partition coefficient (Wildman–Crippen LogP) is 4.67. The van der Waals surface area contributed by atoms with E-state index in [1.54, 1.807) is 7.11 Å². The molecule has 1 atom stereocenters. The zero-order chi connectivity index (χ0) is 19.7. The number of ether oxygens (including phenoxy) is 1. The molecule has 1 aromatic heterocycles. The molecule has 1 fully saturated rings. The molecule has 1 aliphatic rings. The number of likely N-dealkylation sites (tertiary alicyclic amines) is 1. The van der Waals surface area contributed by atoms with Crippen LogP contribution in [0.4, 0.5) is 0 Å². The Bertz CT molecular complexity index is 988. The lowest BCUT2D eigenvalue weighted by Crippen LogP contribution is -2.26. The third-order valence-corrected chi connectivity index (χ3v) is 6.17. The standard InChI is InChI=1S/C24H28N2O2/c1-17-23(24(27)18-10-12-20(28-3)13-11-18)21-8-4-5-9-22(21)26(17)16-14-19-7-6-15-25(19)2/h4-5,8-13,19H,6-7,14-16H2,1-3H3. The smallest absolute Gasteiger partial charge is 0.195 e. The van der Waals surface area contributed by atoms with Crippen LogP contribution in [0.1, 0.15) is 40.9 Å². The van der Waals surface area contributed by atoms with Crippen molar-refractivity contribution in [2.24, 2.45) is 0 Å². The molecule has 0 spiro atoms. The first-order valence-electron chi connectivity index (χ1n) is 10.1. The van der Waals surface area contributed by atoms with Gasteiger partial charge in [-0.25, -0.2) is 0 Å². The second-order valence-electron chi connectivity index (χ2n) is 7.75. The van der Waals surface area contributed by atoms with Gasteiger partial charge in [0.2, 0.25) is 0 Å². The monoisotopic (exact) mass is 376 g/mol. The molecule has 146 valence electrons. The molecule has 3 aromatic rings. The average molecular weight is 376 g/mol. The Morgan fingerprint density at radius 2 is 1.89 bits per heavy atom. The number of carbonyl (C=O) groups excluding carboxylic acids is 1. The van der Waals surface area contributed by atoms with Crippen molar-refractivity contribution in [3.05, 3.63) is 65.4 Å². The van der Waals surface area contributed by atoms with Gasteiger partial charge in [-0.3, -0.25) is 4.79 Å². The molecule has 0 saturated carbocycles. The highest BCUT2D eigenvalue weighted by molar-refractivity contribution is 6.17. The van der Waals surface area contributed by atoms with Gasteiger partial charge >= 0.3 is 0 Å². The van der Waals surface area contributed by atoms with Gasteiger partial charge in [0.05, 0.1) is 12.7 Å². The molecule has 1 saturated heterocycles. The van der Waals surface area contributed by atoms with Gasteiger partial charge in [-0.2, -0.15) is 0 Å². The van der Waals surface area contributed by atoms with E-state index in [4.69, 9.17) is 4.74 Å². The normalized spacial score (nSPS) is 17.3. The van der Waals surface area contributed by atoms with Crippen LogP contribution in [-0.4, -0.2) is 42.0 Å². The number of hydrogen-bond acceptors (Lipinski definition) is 3. The summed E-state index contributed by atoms with van der Waals surface area (Å²) in [5.41, 5.74) is 3.73. The predicted molar refractivity (Wildman–Crippen MR) is 113 cm³/mol. The summed E-state index contributed by atoms with van der Waals surface area (Å²) in [5.74, 6) is 0.837. The number of nitrogens with zero attached hydrogens (tertiary/aromatic N) is 2. The molecule has 2 heterocycles. The lowest BCUT2D eigenvalue weighted by Gasteiger charge is -2.20. The van der Waals surface area contributed by atoms with Gasteiger partial charge in [0.1, 0.15) is 5.75 Å². The molecular weight excluding hydrogens is 348 g/mol. The minimum Gasteiger partial charge on any atom is -0.497 e. The Morgan fingerprint density at radius 3 is 2.57 bits per heavy atom. The van der Waals surface area contributed by atoms with Gasteiger partial charge in [0.25, 0.3) is 0 Å². The summed E-state index contributed by atoms with van der Waals surface area (Å²) in [7, 11) is 3.85. The van der Waals surface area contributed by atoms with E-state index < -0.39 is 0 Å². The van der Waals surface area contributed by atoms with Crippen molar-refractivity contribution in [3.8, 4) is 5.75 Å². The maximum atomic E-state index is 13.3. The minimum atomic E-state index is 0.0769. The summed E-state index contributed by atoms with van der Waals surface area (Å²) in [6.45, 7) is 4.21. The fraction of sp³-hybridized carbons (Fsp3) is 0.375. The van der Waals surface area contributed by atoms with Crippen molar-refractivity contribution in [2.75, 3.05) is 20.7 Å². The van der Waals surface area contributed by atoms with Crippen LogP contribution in [-0.2, 0) is 6.54 Å². The molecule has 1 unspecified atom stereocenters. The van der Waals surface area contributed by atoms with Crippen molar-refractivity contribution in [1.82, 2.24) is 9.47 Å². The first kappa shape index (κ1) is 18.8. The van der Waals surface area contributed by atoms with Crippen LogP contribution >= 0.6 is 0 Å². The number of ketones is 1. The van der Waals surface area contributed by atoms with Crippen LogP contribution in [0.15, 0.2) is 48.5 Å². The fourth-order valence-electron chi connectivity index (χ4n) is 4.51. The molecular formula is C24H28N2O2. The topological polar surface area (TPSA) is 34.5 Å². The second-order valence-corrected chi connectivity index (χ2v) is 7.75. The molecule has 0 bridgehead atoms. The molecule has 4 rings (SSSR count). The number of hydrogen-bond donors (Lipinski definition) is 0. The zero-order valence-electron chi connectivity index (χ0n) is 16.9. The van der Waals surface area contributed by atoms with Gasteiger partial charge in [-0.05, 0) is 70.1 Å². The van der Waals surface area contributed by atoms with Crippen molar-refractivity contribution >= 4 is 16.7 Å². The van der Waals surface area contributed by atoms with Crippen LogP contribution in [0.3, 0.4) is 0 Å². The van der Waals surface area contributed by atoms with Crippen molar-refractivity contribution < 1.29 is 9.53 Å². The number of methoxy groups -OCH3 is 1. The Balaban J connectivity index is 1.70. The second kappa shape index (κ2) is 7.80. The maximum Gasteiger partial charge on any atom is 0.195 e. The number of fused-ring (bicyclic) bond motifs is 1. The quantitative estimate of drug-likeness (QED) is 0.586. The number of aryl methyl sites for hydroxylation is 1. The summed E-state index contributed by atoms with van der Waals surface area (Å²) in [6.07, 6.45) is 3.67. The lowest BCUT2D eigenvalue weighted by atomic mass is 10.0. The van der Waals surface area contributed by atoms with Crippen LogP contribution in [0, 0.1) is 6.92 Å². The highest BCUT2D eigenvalue weighted by Crippen LogP contribution is 2.30. The summed E-state index contributed by atoms with van der Waals surface area (Å²) >= 11 is 0. The molecule has 4 heteroatoms. The van der Waals surface area contributed by atoms with E-state index in [0.717, 1.165) is 40.9 Å². The van der Waals surface area contributed by atoms with Crippen molar-refractivity contribution in [1.29, 1.82) is 0 Å². The first-order chi connectivity index (χ1) is 13.6. The number of rotatable bonds is 6. The third kappa shape index (κ3) is 3.33. The molecule has 4 nitrogen and oxygen atoms in total. The highest BCUT2D eigenvalue weighted by atomic mass is 16.5. The number of aromatic nitrogens is 1. The Labute approximate surface area is 166 Å². The van der Waals surface area contributed by atoms with Crippen LogP contribution < -0.4 is 4.74 Å². The first-order valence-corrected chi connectivity index (χ1v) is 10.1. The van der Waals surface area contributed by atoms with Crippen LogP contribution in [0.25, 0.3) is 10.9 Å². The third-order valence-electron chi connectivity index (χ3n) is 6.17. The molecule has 0 aliphatic carbocycles. The van der Waals surface area contributed by atoms with E-state index in [0.29, 0.717) is 11.6 Å². The Hall–Kier alpha value is -2.59. The molecule has 0 N–H and O–H groups in total. The summed E-state index contributed by atoms with van der Waals surface area (Å²) < 4.78 is 7.55. The number of para-hydroxylation sites is 1. The van der Waals surface area contributed by atoms with Gasteiger partial charge < -0.3 is 14.2 Å². The van der Waals surface area contributed by atoms with Gasteiger partial charge in [0, 0.05) is 34.7 Å². The number of benzene rings is 2. The highest BCUT2D eigenvalue weighted by Gasteiger charge is 2.24. The SMILES string of the molecule is COc1ccc(C(=O)c2c(C)n(CCC3CCCN3C)c3ccccc23)cc1. The molecule has 0 radical (unpaired) electrons. The van der Waals surface area contributed by atoms with E-state index in [1.807, 2.05) is 30.3 Å². The summed E-state index contributed by atoms with van der Waals surface area (Å²) in [5, 5.41) is 1.04. The lowest BCUT2D eigenvalue weighted by molar-refractivity contribution is 0.103. The summed E-state index contributed by atoms with van der Waals surface area (Å²) in [4.78, 5) is 15.8. The Morgan fingerprint density at radius 1 is 1.14 bits per heavy atom. The van der Waals surface area contributed by atoms with E-state index in [2.05, 4.69) is 41.6 Å². The summed E-state index contributed by atoms with van der Waals surface area (Å²) in [6, 6.07) is 16.3. The van der Waals surface area contributed by atoms with E-state index >= 15 is 0 Å².